The first-order chi connectivity index (χ1) is 16.3. The summed E-state index contributed by atoms with van der Waals surface area (Å²) >= 11 is 0. The lowest BCUT2D eigenvalue weighted by Crippen LogP contribution is -2.27. The molecule has 0 fully saturated rings. The molecule has 1 unspecified atom stereocenters. The third kappa shape index (κ3) is 4.74. The summed E-state index contributed by atoms with van der Waals surface area (Å²) in [5.74, 6) is 0.356. The molecule has 0 radical (unpaired) electrons. The van der Waals surface area contributed by atoms with Gasteiger partial charge in [0.1, 0.15) is 0 Å². The van der Waals surface area contributed by atoms with Crippen molar-refractivity contribution >= 4 is 16.9 Å². The number of aryl methyl sites for hydroxylation is 5. The molecule has 1 amide bonds. The summed E-state index contributed by atoms with van der Waals surface area (Å²) in [5, 5.41) is 9.00. The van der Waals surface area contributed by atoms with Gasteiger partial charge in [0.15, 0.2) is 5.65 Å². The van der Waals surface area contributed by atoms with Crippen molar-refractivity contribution < 1.29 is 4.79 Å². The van der Waals surface area contributed by atoms with Crippen LogP contribution in [-0.2, 0) is 11.2 Å². The third-order valence-corrected chi connectivity index (χ3v) is 6.89. The second kappa shape index (κ2) is 9.80. The number of aromatic nitrogens is 3. The maximum atomic E-state index is 12.6. The molecule has 1 N–H and O–H groups in total. The minimum Gasteiger partial charge on any atom is -0.355 e. The highest BCUT2D eigenvalue weighted by Gasteiger charge is 2.18. The van der Waals surface area contributed by atoms with Gasteiger partial charge in [-0.05, 0) is 86.9 Å². The molecule has 0 aliphatic carbocycles. The molecule has 176 valence electrons. The van der Waals surface area contributed by atoms with Gasteiger partial charge >= 0.3 is 0 Å². The standard InChI is InChI=1S/C29H34N4O/c1-18-12-13-25(16-19(18)2)33-29-28(23(6)32-33)21(4)26(22(5)31-29)14-15-27(34)30-17-20(3)24-10-8-7-9-11-24/h7-13,16,20H,14-15,17H2,1-6H3,(H,30,34). The average molecular weight is 455 g/mol. The van der Waals surface area contributed by atoms with Gasteiger partial charge in [-0.1, -0.05) is 43.3 Å². The van der Waals surface area contributed by atoms with Gasteiger partial charge in [-0.25, -0.2) is 9.67 Å². The Hall–Kier alpha value is -3.47. The highest BCUT2D eigenvalue weighted by atomic mass is 16.1. The van der Waals surface area contributed by atoms with E-state index in [0.717, 1.165) is 33.7 Å². The van der Waals surface area contributed by atoms with Crippen molar-refractivity contribution in [2.45, 2.75) is 60.3 Å². The number of benzene rings is 2. The van der Waals surface area contributed by atoms with Crippen LogP contribution in [0.5, 0.6) is 0 Å². The number of hydrogen-bond acceptors (Lipinski definition) is 3. The summed E-state index contributed by atoms with van der Waals surface area (Å²) in [4.78, 5) is 17.6. The minimum atomic E-state index is 0.0734. The number of carbonyl (C=O) groups is 1. The maximum Gasteiger partial charge on any atom is 0.220 e. The molecule has 2 aromatic heterocycles. The molecule has 5 heteroatoms. The van der Waals surface area contributed by atoms with Crippen molar-refractivity contribution in [1.82, 2.24) is 20.1 Å². The van der Waals surface area contributed by atoms with Crippen LogP contribution in [0.1, 0.15) is 58.5 Å². The van der Waals surface area contributed by atoms with Gasteiger partial charge in [0.2, 0.25) is 5.91 Å². The molecule has 0 bridgehead atoms. The molecule has 34 heavy (non-hydrogen) atoms. The van der Waals surface area contributed by atoms with E-state index in [4.69, 9.17) is 10.1 Å². The number of hydrogen-bond donors (Lipinski definition) is 1. The molecule has 0 saturated carbocycles. The Labute approximate surface area is 202 Å². The van der Waals surface area contributed by atoms with Crippen LogP contribution in [0, 0.1) is 34.6 Å². The molecular formula is C29H34N4O. The Balaban J connectivity index is 1.52. The predicted octanol–water partition coefficient (Wildman–Crippen LogP) is 5.82. The second-order valence-electron chi connectivity index (χ2n) is 9.38. The smallest absolute Gasteiger partial charge is 0.220 e. The molecule has 4 rings (SSSR count). The Morgan fingerprint density at radius 3 is 2.41 bits per heavy atom. The average Bonchev–Trinajstić information content (AvgIpc) is 3.15. The summed E-state index contributed by atoms with van der Waals surface area (Å²) in [7, 11) is 0. The first-order valence-corrected chi connectivity index (χ1v) is 12.0. The van der Waals surface area contributed by atoms with Gasteiger partial charge in [-0.2, -0.15) is 5.10 Å². The van der Waals surface area contributed by atoms with E-state index >= 15 is 0 Å². The molecule has 0 spiro atoms. The highest BCUT2D eigenvalue weighted by Crippen LogP contribution is 2.28. The number of fused-ring (bicyclic) bond motifs is 1. The zero-order chi connectivity index (χ0) is 24.4. The van der Waals surface area contributed by atoms with Crippen molar-refractivity contribution in [2.75, 3.05) is 6.54 Å². The second-order valence-corrected chi connectivity index (χ2v) is 9.38. The van der Waals surface area contributed by atoms with Crippen LogP contribution in [0.15, 0.2) is 48.5 Å². The summed E-state index contributed by atoms with van der Waals surface area (Å²) in [6, 6.07) is 16.7. The quantitative estimate of drug-likeness (QED) is 0.383. The number of rotatable bonds is 7. The number of carbonyl (C=O) groups excluding carboxylic acids is 1. The summed E-state index contributed by atoms with van der Waals surface area (Å²) in [6.45, 7) is 13.2. The Kier molecular flexibility index (Phi) is 6.82. The molecule has 0 aliphatic heterocycles. The number of amides is 1. The molecule has 4 aromatic rings. The van der Waals surface area contributed by atoms with Crippen LogP contribution >= 0.6 is 0 Å². The van der Waals surface area contributed by atoms with Gasteiger partial charge in [-0.15, -0.1) is 0 Å². The van der Waals surface area contributed by atoms with E-state index in [1.807, 2.05) is 36.7 Å². The molecular weight excluding hydrogens is 420 g/mol. The van der Waals surface area contributed by atoms with E-state index < -0.39 is 0 Å². The topological polar surface area (TPSA) is 59.8 Å². The Bertz CT molecular complexity index is 1340. The van der Waals surface area contributed by atoms with Crippen molar-refractivity contribution in [3.63, 3.8) is 0 Å². The monoisotopic (exact) mass is 454 g/mol. The molecule has 2 aromatic carbocycles. The van der Waals surface area contributed by atoms with Gasteiger partial charge in [0.05, 0.1) is 11.4 Å². The molecule has 1 atom stereocenters. The van der Waals surface area contributed by atoms with Crippen LogP contribution < -0.4 is 5.32 Å². The fraction of sp³-hybridized carbons (Fsp3) is 0.345. The van der Waals surface area contributed by atoms with Crippen molar-refractivity contribution in [3.8, 4) is 5.69 Å². The van der Waals surface area contributed by atoms with Crippen LogP contribution in [0.2, 0.25) is 0 Å². The number of pyridine rings is 1. The van der Waals surface area contributed by atoms with Crippen LogP contribution in [0.25, 0.3) is 16.7 Å². The number of nitrogens with zero attached hydrogens (tertiary/aromatic N) is 3. The Morgan fingerprint density at radius 2 is 1.71 bits per heavy atom. The van der Waals surface area contributed by atoms with Crippen molar-refractivity contribution in [2.24, 2.45) is 0 Å². The van der Waals surface area contributed by atoms with E-state index in [9.17, 15) is 4.79 Å². The van der Waals surface area contributed by atoms with E-state index in [0.29, 0.717) is 19.4 Å². The van der Waals surface area contributed by atoms with Gasteiger partial charge in [-0.3, -0.25) is 4.79 Å². The lowest BCUT2D eigenvalue weighted by Gasteiger charge is -2.14. The first-order valence-electron chi connectivity index (χ1n) is 12.0. The molecule has 2 heterocycles. The first kappa shape index (κ1) is 23.7. The Morgan fingerprint density at radius 1 is 0.971 bits per heavy atom. The fourth-order valence-corrected chi connectivity index (χ4v) is 4.60. The largest absolute Gasteiger partial charge is 0.355 e. The maximum absolute atomic E-state index is 12.6. The van der Waals surface area contributed by atoms with Crippen molar-refractivity contribution in [3.05, 3.63) is 87.7 Å². The summed E-state index contributed by atoms with van der Waals surface area (Å²) in [6.07, 6.45) is 1.11. The van der Waals surface area contributed by atoms with E-state index in [2.05, 4.69) is 63.3 Å². The molecule has 0 aliphatic rings. The van der Waals surface area contributed by atoms with Crippen molar-refractivity contribution in [1.29, 1.82) is 0 Å². The third-order valence-electron chi connectivity index (χ3n) is 6.89. The molecule has 5 nitrogen and oxygen atoms in total. The van der Waals surface area contributed by atoms with Crippen LogP contribution in [0.4, 0.5) is 0 Å². The van der Waals surface area contributed by atoms with Gasteiger partial charge in [0, 0.05) is 24.0 Å². The number of nitrogens with one attached hydrogen (secondary N) is 1. The predicted molar refractivity (Wildman–Crippen MR) is 139 cm³/mol. The lowest BCUT2D eigenvalue weighted by molar-refractivity contribution is -0.121. The SMILES string of the molecule is Cc1ccc(-n2nc(C)c3c(C)c(CCC(=O)NCC(C)c4ccccc4)c(C)nc32)cc1C. The van der Waals surface area contributed by atoms with Gasteiger partial charge in [0.25, 0.3) is 0 Å². The van der Waals surface area contributed by atoms with Gasteiger partial charge < -0.3 is 5.32 Å². The zero-order valence-electron chi connectivity index (χ0n) is 21.1. The normalized spacial score (nSPS) is 12.2. The lowest BCUT2D eigenvalue weighted by atomic mass is 9.98. The molecule has 0 saturated heterocycles. The summed E-state index contributed by atoms with van der Waals surface area (Å²) < 4.78 is 1.94. The van der Waals surface area contributed by atoms with Crippen LogP contribution in [-0.4, -0.2) is 27.2 Å². The van der Waals surface area contributed by atoms with E-state index in [1.165, 1.54) is 22.3 Å². The van der Waals surface area contributed by atoms with E-state index in [1.54, 1.807) is 0 Å². The van der Waals surface area contributed by atoms with Crippen LogP contribution in [0.3, 0.4) is 0 Å². The minimum absolute atomic E-state index is 0.0734. The van der Waals surface area contributed by atoms with E-state index in [-0.39, 0.29) is 11.8 Å². The summed E-state index contributed by atoms with van der Waals surface area (Å²) in [5.41, 5.74) is 9.85. The highest BCUT2D eigenvalue weighted by molar-refractivity contribution is 5.85. The zero-order valence-corrected chi connectivity index (χ0v) is 21.1. The fourth-order valence-electron chi connectivity index (χ4n) is 4.60.